The third-order valence-corrected chi connectivity index (χ3v) is 7.07. The summed E-state index contributed by atoms with van der Waals surface area (Å²) in [6.07, 6.45) is 1.25. The number of aryl methyl sites for hydroxylation is 1. The van der Waals surface area contributed by atoms with Crippen molar-refractivity contribution in [3.63, 3.8) is 0 Å². The van der Waals surface area contributed by atoms with Gasteiger partial charge in [0.2, 0.25) is 0 Å². The summed E-state index contributed by atoms with van der Waals surface area (Å²) >= 11 is 3.54. The molecule has 0 atom stereocenters. The fraction of sp³-hybridized carbons (Fsp3) is 0.360. The normalized spacial score (nSPS) is 16.7. The number of methoxy groups -OCH3 is 1. The number of rotatable bonds is 3. The van der Waals surface area contributed by atoms with Crippen LogP contribution in [0.15, 0.2) is 34.8 Å². The average Bonchev–Trinajstić information content (AvgIpc) is 3.17. The largest absolute Gasteiger partial charge is 0.496 e. The van der Waals surface area contributed by atoms with Gasteiger partial charge in [0, 0.05) is 23.7 Å². The Kier molecular flexibility index (Phi) is 5.72. The van der Waals surface area contributed by atoms with E-state index in [-0.39, 0.29) is 11.6 Å². The summed E-state index contributed by atoms with van der Waals surface area (Å²) in [5.74, 6) is -0.950. The molecule has 1 aliphatic carbocycles. The maximum atomic E-state index is 14.2. The van der Waals surface area contributed by atoms with Crippen molar-refractivity contribution < 1.29 is 23.0 Å². The van der Waals surface area contributed by atoms with Gasteiger partial charge in [0.05, 0.1) is 41.7 Å². The van der Waals surface area contributed by atoms with E-state index in [9.17, 15) is 13.6 Å². The summed E-state index contributed by atoms with van der Waals surface area (Å²) < 4.78 is 41.6. The van der Waals surface area contributed by atoms with Gasteiger partial charge < -0.3 is 14.4 Å². The third-order valence-electron chi connectivity index (χ3n) is 6.45. The van der Waals surface area contributed by atoms with Crippen molar-refractivity contribution in [3.8, 4) is 22.7 Å². The zero-order valence-corrected chi connectivity index (χ0v) is 20.7. The lowest BCUT2D eigenvalue weighted by molar-refractivity contribution is -0.0373. The zero-order valence-electron chi connectivity index (χ0n) is 19.1. The Labute approximate surface area is 204 Å². The molecule has 0 saturated carbocycles. The summed E-state index contributed by atoms with van der Waals surface area (Å²) in [4.78, 5) is 15.5. The molecule has 5 rings (SSSR count). The Morgan fingerprint density at radius 3 is 2.56 bits per heavy atom. The molecule has 0 unspecified atom stereocenters. The standard InChI is InChI=1S/C25H24BrF2N3O3/c1-25(2)13-34-7-6-30(25)24(32)22-18-5-4-14-8-21(33-3)20(26)12-19(14)23(18)31(29-22)17-10-15(27)9-16(28)11-17/h8-12H,4-7,13H2,1-3H3. The highest BCUT2D eigenvalue weighted by Gasteiger charge is 2.38. The van der Waals surface area contributed by atoms with Crippen LogP contribution < -0.4 is 4.74 Å². The third kappa shape index (κ3) is 3.80. The molecule has 1 saturated heterocycles. The molecular formula is C25H24BrF2N3O3. The second kappa shape index (κ2) is 8.46. The first-order chi connectivity index (χ1) is 16.2. The van der Waals surface area contributed by atoms with E-state index in [2.05, 4.69) is 21.0 Å². The fourth-order valence-corrected chi connectivity index (χ4v) is 5.29. The van der Waals surface area contributed by atoms with E-state index in [1.54, 1.807) is 12.0 Å². The molecule has 0 radical (unpaired) electrons. The highest BCUT2D eigenvalue weighted by Crippen LogP contribution is 2.42. The Morgan fingerprint density at radius 1 is 1.15 bits per heavy atom. The smallest absolute Gasteiger partial charge is 0.275 e. The number of hydrogen-bond donors (Lipinski definition) is 0. The van der Waals surface area contributed by atoms with Crippen LogP contribution >= 0.6 is 15.9 Å². The van der Waals surface area contributed by atoms with Gasteiger partial charge in [-0.1, -0.05) is 0 Å². The summed E-state index contributed by atoms with van der Waals surface area (Å²) in [5.41, 5.74) is 3.29. The number of amides is 1. The highest BCUT2D eigenvalue weighted by molar-refractivity contribution is 9.10. The van der Waals surface area contributed by atoms with Crippen LogP contribution in [0, 0.1) is 11.6 Å². The molecule has 34 heavy (non-hydrogen) atoms. The first-order valence-electron chi connectivity index (χ1n) is 11.0. The van der Waals surface area contributed by atoms with Crippen molar-refractivity contribution in [2.24, 2.45) is 0 Å². The zero-order chi connectivity index (χ0) is 24.2. The number of carbonyl (C=O) groups excluding carboxylic acids is 1. The van der Waals surface area contributed by atoms with Crippen molar-refractivity contribution >= 4 is 21.8 Å². The van der Waals surface area contributed by atoms with Gasteiger partial charge in [-0.2, -0.15) is 5.10 Å². The molecule has 1 aromatic heterocycles. The highest BCUT2D eigenvalue weighted by atomic mass is 79.9. The lowest BCUT2D eigenvalue weighted by atomic mass is 9.88. The van der Waals surface area contributed by atoms with Crippen LogP contribution in [-0.4, -0.2) is 53.0 Å². The first kappa shape index (κ1) is 23.0. The van der Waals surface area contributed by atoms with E-state index >= 15 is 0 Å². The molecule has 9 heteroatoms. The minimum Gasteiger partial charge on any atom is -0.496 e. The van der Waals surface area contributed by atoms with Gasteiger partial charge in [-0.3, -0.25) is 4.79 Å². The second-order valence-corrected chi connectivity index (χ2v) is 10.0. The molecule has 0 N–H and O–H groups in total. The second-order valence-electron chi connectivity index (χ2n) is 9.18. The molecule has 1 fully saturated rings. The maximum Gasteiger partial charge on any atom is 0.275 e. The Hall–Kier alpha value is -2.78. The fourth-order valence-electron chi connectivity index (χ4n) is 4.79. The molecule has 1 amide bonds. The summed E-state index contributed by atoms with van der Waals surface area (Å²) in [5, 5.41) is 4.66. The quantitative estimate of drug-likeness (QED) is 0.480. The average molecular weight is 532 g/mol. The van der Waals surface area contributed by atoms with Crippen LogP contribution in [0.1, 0.15) is 35.5 Å². The molecule has 2 aromatic carbocycles. The molecule has 2 heterocycles. The van der Waals surface area contributed by atoms with Crippen LogP contribution in [0.3, 0.4) is 0 Å². The Bertz CT molecular complexity index is 1280. The first-order valence-corrected chi connectivity index (χ1v) is 11.8. The summed E-state index contributed by atoms with van der Waals surface area (Å²) in [7, 11) is 1.60. The number of ether oxygens (including phenoxy) is 2. The lowest BCUT2D eigenvalue weighted by Crippen LogP contribution is -2.55. The number of morpholine rings is 1. The van der Waals surface area contributed by atoms with E-state index in [4.69, 9.17) is 9.47 Å². The van der Waals surface area contributed by atoms with Gasteiger partial charge in [0.15, 0.2) is 5.69 Å². The van der Waals surface area contributed by atoms with Crippen molar-refractivity contribution in [1.82, 2.24) is 14.7 Å². The van der Waals surface area contributed by atoms with E-state index in [1.807, 2.05) is 26.0 Å². The van der Waals surface area contributed by atoms with Crippen molar-refractivity contribution in [3.05, 3.63) is 63.3 Å². The van der Waals surface area contributed by atoms with E-state index in [0.29, 0.717) is 49.7 Å². The van der Waals surface area contributed by atoms with Crippen molar-refractivity contribution in [1.29, 1.82) is 0 Å². The van der Waals surface area contributed by atoms with Crippen molar-refractivity contribution in [2.75, 3.05) is 26.9 Å². The SMILES string of the molecule is COc1cc2c(cc1Br)-c1c(c(C(=O)N3CCOCC3(C)C)nn1-c1cc(F)cc(F)c1)CC2. The van der Waals surface area contributed by atoms with Crippen LogP contribution in [0.2, 0.25) is 0 Å². The molecule has 1 aliphatic heterocycles. The van der Waals surface area contributed by atoms with Crippen LogP contribution in [0.25, 0.3) is 16.9 Å². The van der Waals surface area contributed by atoms with Crippen LogP contribution in [0.4, 0.5) is 8.78 Å². The Morgan fingerprint density at radius 2 is 1.88 bits per heavy atom. The van der Waals surface area contributed by atoms with Gasteiger partial charge in [-0.25, -0.2) is 13.5 Å². The van der Waals surface area contributed by atoms with Gasteiger partial charge in [-0.15, -0.1) is 0 Å². The molecule has 178 valence electrons. The number of nitrogens with zero attached hydrogens (tertiary/aromatic N) is 3. The predicted octanol–water partition coefficient (Wildman–Crippen LogP) is 4.94. The van der Waals surface area contributed by atoms with Gasteiger partial charge in [-0.05, 0) is 72.4 Å². The molecule has 3 aromatic rings. The topological polar surface area (TPSA) is 56.6 Å². The molecule has 6 nitrogen and oxygen atoms in total. The van der Waals surface area contributed by atoms with Crippen LogP contribution in [-0.2, 0) is 17.6 Å². The minimum absolute atomic E-state index is 0.212. The number of fused-ring (bicyclic) bond motifs is 3. The lowest BCUT2D eigenvalue weighted by Gasteiger charge is -2.41. The summed E-state index contributed by atoms with van der Waals surface area (Å²) in [6, 6.07) is 7.11. The minimum atomic E-state index is -0.714. The van der Waals surface area contributed by atoms with Crippen molar-refractivity contribution in [2.45, 2.75) is 32.2 Å². The van der Waals surface area contributed by atoms with Gasteiger partial charge in [0.1, 0.15) is 17.4 Å². The molecule has 0 bridgehead atoms. The molecule has 2 aliphatic rings. The maximum absolute atomic E-state index is 14.2. The summed E-state index contributed by atoms with van der Waals surface area (Å²) in [6.45, 7) is 5.22. The van der Waals surface area contributed by atoms with Crippen LogP contribution in [0.5, 0.6) is 5.75 Å². The number of halogens is 3. The number of benzene rings is 2. The van der Waals surface area contributed by atoms with E-state index in [0.717, 1.165) is 27.2 Å². The number of carbonyl (C=O) groups is 1. The van der Waals surface area contributed by atoms with Gasteiger partial charge in [0.25, 0.3) is 5.91 Å². The van der Waals surface area contributed by atoms with Gasteiger partial charge >= 0.3 is 0 Å². The predicted molar refractivity (Wildman–Crippen MR) is 127 cm³/mol. The van der Waals surface area contributed by atoms with E-state index in [1.165, 1.54) is 16.8 Å². The number of hydrogen-bond acceptors (Lipinski definition) is 4. The van der Waals surface area contributed by atoms with E-state index < -0.39 is 17.2 Å². The molecule has 0 spiro atoms. The molecular weight excluding hydrogens is 508 g/mol. The number of aromatic nitrogens is 2. The monoisotopic (exact) mass is 531 g/mol. The Balaban J connectivity index is 1.73.